The molecule has 0 unspecified atom stereocenters. The van der Waals surface area contributed by atoms with E-state index in [-0.39, 0.29) is 73.8 Å². The Morgan fingerprint density at radius 3 is 0.937 bits per heavy atom. The Hall–Kier alpha value is -9.12. The summed E-state index contributed by atoms with van der Waals surface area (Å²) in [5.74, 6) is -4.38. The predicted octanol–water partition coefficient (Wildman–Crippen LogP) is 20.6. The van der Waals surface area contributed by atoms with E-state index in [9.17, 15) is 88.0 Å². The van der Waals surface area contributed by atoms with E-state index in [1.165, 1.54) is 48.5 Å². The number of carbonyl (C=O) groups excluding carboxylic acids is 4. The summed E-state index contributed by atoms with van der Waals surface area (Å²) in [4.78, 5) is 57.9. The highest BCUT2D eigenvalue weighted by Crippen LogP contribution is 2.50. The van der Waals surface area contributed by atoms with Crippen molar-refractivity contribution in [2.45, 2.75) is 145 Å². The maximum atomic E-state index is 14.8. The number of rotatable bonds is 33. The van der Waals surface area contributed by atoms with E-state index in [0.29, 0.717) is 119 Å². The first-order chi connectivity index (χ1) is 67.5. The molecule has 4 saturated carbocycles. The molecule has 0 aromatic heterocycles. The standard InChI is InChI=1S/C28H27Cl2FN2O4S.C25H27ClF4N2O4S.C24H27Cl2FN2O4S.C24H27ClF2N2O4S/c1-38(35,36)32-28(34)24-12-23(18-7-8-18)26(13-25(24)31)37-16-17-14-33(15-17)27(19-5-3-2-4-6-19)20-9-21(29)11-22(30)10-20;1-37(34,35)31-24(33)21-11-20(17-2-3-17)23(12-22(21)27)36-14-15-4-6-32(7-5-15)13-16-8-18(25(28,29)30)10-19(26)9-16;1-34(31,32)28-24(30)21-11-20(17-2-3-17)23(12-22(21)27)33-14-15-4-6-29(7-5-15)13-16-8-18(25)10-19(26)9-16;1-34(31,32)28-24(30)19-11-18(17-3-4-17)23(12-21(19)26)33-14-15-6-8-29(9-7-15)13-16-2-5-20(25)22(27)10-16/h2-6,9-13,17-18,27H,7-8,14-16H2,1H3,(H,32,34);8-12,15,17H,2-7,13-14H2,1H3,(H,31,33);8-12,15,17H,2-7,13-14H2,1H3,(H,28,30);2,5,10-12,15,17H,3-4,6-9,13-14H2,1H3,(H,28,30)/t27-;;;/m0.../s1. The van der Waals surface area contributed by atoms with Gasteiger partial charge in [0.15, 0.2) is 0 Å². The highest BCUT2D eigenvalue weighted by Gasteiger charge is 2.40. The zero-order valence-electron chi connectivity index (χ0n) is 78.4. The van der Waals surface area contributed by atoms with Gasteiger partial charge in [-0.1, -0.05) is 106 Å². The van der Waals surface area contributed by atoms with E-state index in [1.807, 2.05) is 62.7 Å². The van der Waals surface area contributed by atoms with Crippen molar-refractivity contribution < 1.29 is 107 Å². The summed E-state index contributed by atoms with van der Waals surface area (Å²) in [5, 5.41) is 2.58. The van der Waals surface area contributed by atoms with Crippen molar-refractivity contribution in [3.05, 3.63) is 289 Å². The number of piperidine rings is 3. The third-order valence-corrected chi connectivity index (χ3v) is 29.3. The van der Waals surface area contributed by atoms with Gasteiger partial charge in [0, 0.05) is 88.0 Å². The second-order valence-electron chi connectivity index (χ2n) is 38.0. The van der Waals surface area contributed by atoms with Crippen LogP contribution >= 0.6 is 69.6 Å². The first-order valence-electron chi connectivity index (χ1n) is 46.6. The Labute approximate surface area is 857 Å². The Kier molecular flexibility index (Phi) is 36.3. The lowest BCUT2D eigenvalue weighted by Gasteiger charge is -2.44. The average molecular weight is 2180 g/mol. The molecule has 770 valence electrons. The topological polar surface area (TPSA) is 303 Å². The van der Waals surface area contributed by atoms with Gasteiger partial charge in [0.05, 0.1) is 90.3 Å². The van der Waals surface area contributed by atoms with Crippen molar-refractivity contribution in [1.29, 1.82) is 0 Å². The fourth-order valence-corrected chi connectivity index (χ4v) is 21.2. The molecule has 4 N–H and O–H groups in total. The summed E-state index contributed by atoms with van der Waals surface area (Å²) < 4.78 is 234. The van der Waals surface area contributed by atoms with Crippen LogP contribution in [0, 0.1) is 52.8 Å². The molecule has 24 nitrogen and oxygen atoms in total. The van der Waals surface area contributed by atoms with Crippen LogP contribution in [0.3, 0.4) is 0 Å². The molecule has 1 atom stereocenters. The van der Waals surface area contributed by atoms with Gasteiger partial charge >= 0.3 is 6.18 Å². The van der Waals surface area contributed by atoms with Crippen molar-refractivity contribution in [3.63, 3.8) is 0 Å². The van der Waals surface area contributed by atoms with E-state index >= 15 is 0 Å². The molecule has 8 fully saturated rings. The summed E-state index contributed by atoms with van der Waals surface area (Å²) >= 11 is 36.5. The summed E-state index contributed by atoms with van der Waals surface area (Å²) in [6.07, 6.45) is 11.4. The van der Waals surface area contributed by atoms with Crippen LogP contribution in [0.1, 0.15) is 217 Å². The number of hydrogen-bond donors (Lipinski definition) is 4. The minimum atomic E-state index is -4.46. The Morgan fingerprint density at radius 2 is 0.636 bits per heavy atom. The summed E-state index contributed by atoms with van der Waals surface area (Å²) in [6, 6.07) is 40.1. The zero-order chi connectivity index (χ0) is 103. The lowest BCUT2D eigenvalue weighted by molar-refractivity contribution is -0.137. The summed E-state index contributed by atoms with van der Waals surface area (Å²) in [6.45, 7) is 9.75. The van der Waals surface area contributed by atoms with Gasteiger partial charge in [-0.3, -0.25) is 38.8 Å². The Morgan fingerprint density at radius 1 is 0.343 bits per heavy atom. The number of sulfonamides is 4. The SMILES string of the molecule is CS(=O)(=O)NC(=O)c1cc(C2CC2)c(OCC2CCN(Cc3cc(Cl)cc(C(F)(F)F)c3)CC2)cc1F.CS(=O)(=O)NC(=O)c1cc(C2CC2)c(OCC2CCN(Cc3cc(Cl)cc(Cl)c3)CC2)cc1F.CS(=O)(=O)NC(=O)c1cc(C2CC2)c(OCC2CCN(Cc3ccc(Cl)c(F)c3)CC2)cc1F.CS(=O)(=O)NC(=O)c1cc(C2CC2)c(OCC2CN([C@@H](c3ccccc3)c3cc(Cl)cc(Cl)c3)C2)cc1F. The molecule has 0 bridgehead atoms. The lowest BCUT2D eigenvalue weighted by Crippen LogP contribution is -2.51. The van der Waals surface area contributed by atoms with Crippen LogP contribution in [0.5, 0.6) is 23.0 Å². The first kappa shape index (κ1) is 110. The summed E-state index contributed by atoms with van der Waals surface area (Å²) in [7, 11) is -15.2. The van der Waals surface area contributed by atoms with Crippen LogP contribution in [0.4, 0.5) is 35.1 Å². The highest BCUT2D eigenvalue weighted by atomic mass is 35.5. The number of alkyl halides is 3. The highest BCUT2D eigenvalue weighted by molar-refractivity contribution is 7.90. The molecule has 0 radical (unpaired) electrons. The number of benzene rings is 9. The number of likely N-dealkylation sites (tertiary alicyclic amines) is 4. The molecule has 4 aliphatic carbocycles. The monoisotopic (exact) mass is 2180 g/mol. The van der Waals surface area contributed by atoms with E-state index in [2.05, 4.69) is 31.7 Å². The van der Waals surface area contributed by atoms with Crippen molar-refractivity contribution in [1.82, 2.24) is 38.5 Å². The van der Waals surface area contributed by atoms with Gasteiger partial charge in [-0.15, -0.1) is 0 Å². The fourth-order valence-electron chi connectivity index (χ4n) is 17.9. The lowest BCUT2D eigenvalue weighted by atomic mass is 9.90. The maximum Gasteiger partial charge on any atom is 0.416 e. The third kappa shape index (κ3) is 32.7. The molecule has 4 saturated heterocycles. The van der Waals surface area contributed by atoms with Crippen molar-refractivity contribution in [3.8, 4) is 23.0 Å². The van der Waals surface area contributed by atoms with E-state index in [1.54, 1.807) is 29.0 Å². The molecule has 8 aliphatic rings. The molecular formula is C101H108Cl6F8N8O16S4. The number of hydrogen-bond acceptors (Lipinski definition) is 20. The van der Waals surface area contributed by atoms with Gasteiger partial charge in [-0.2, -0.15) is 13.2 Å². The summed E-state index contributed by atoms with van der Waals surface area (Å²) in [5.41, 5.74) is 5.51. The number of ether oxygens (including phenoxy) is 4. The van der Waals surface area contributed by atoms with Crippen molar-refractivity contribution in [2.24, 2.45) is 23.7 Å². The zero-order valence-corrected chi connectivity index (χ0v) is 86.2. The molecular weight excluding hydrogens is 2070 g/mol. The number of nitrogens with zero attached hydrogens (tertiary/aromatic N) is 4. The molecule has 4 aliphatic heterocycles. The minimum absolute atomic E-state index is 0.0178. The van der Waals surface area contributed by atoms with Gasteiger partial charge in [0.25, 0.3) is 23.6 Å². The van der Waals surface area contributed by atoms with Gasteiger partial charge in [-0.05, 0) is 312 Å². The molecule has 4 amide bonds. The van der Waals surface area contributed by atoms with Crippen LogP contribution in [0.2, 0.25) is 30.1 Å². The smallest absolute Gasteiger partial charge is 0.416 e. The van der Waals surface area contributed by atoms with Gasteiger partial charge in [-0.25, -0.2) is 74.5 Å². The van der Waals surface area contributed by atoms with Gasteiger partial charge < -0.3 is 18.9 Å². The average Bonchev–Trinajstić information content (AvgIpc) is 1.23. The minimum Gasteiger partial charge on any atom is -0.493 e. The van der Waals surface area contributed by atoms with Crippen LogP contribution < -0.4 is 37.8 Å². The van der Waals surface area contributed by atoms with E-state index in [4.69, 9.17) is 88.6 Å². The number of amides is 4. The van der Waals surface area contributed by atoms with Crippen molar-refractivity contribution >= 4 is 133 Å². The van der Waals surface area contributed by atoms with Crippen LogP contribution in [-0.4, -0.2) is 181 Å². The second-order valence-corrected chi connectivity index (χ2v) is 47.6. The largest absolute Gasteiger partial charge is 0.493 e. The normalized spacial score (nSPS) is 17.4. The Bertz CT molecular complexity index is 6630. The molecule has 4 heterocycles. The molecule has 17 rings (SSSR count). The molecule has 9 aromatic carbocycles. The third-order valence-electron chi connectivity index (χ3n) is 25.7. The van der Waals surface area contributed by atoms with Gasteiger partial charge in [0.2, 0.25) is 40.1 Å². The van der Waals surface area contributed by atoms with Gasteiger partial charge in [0.1, 0.15) is 52.1 Å². The number of nitrogens with one attached hydrogen (secondary N) is 4. The second kappa shape index (κ2) is 47.4. The number of halogens is 14. The van der Waals surface area contributed by atoms with Crippen molar-refractivity contribution in [2.75, 3.05) is 104 Å². The molecule has 143 heavy (non-hydrogen) atoms. The van der Waals surface area contributed by atoms with Crippen LogP contribution in [-0.2, 0) is 65.9 Å². The Balaban J connectivity index is 0.000000151. The molecule has 0 spiro atoms. The van der Waals surface area contributed by atoms with Crippen LogP contribution in [0.15, 0.2) is 152 Å². The maximum absolute atomic E-state index is 14.8. The molecule has 42 heteroatoms. The van der Waals surface area contributed by atoms with E-state index < -0.39 is 105 Å². The van der Waals surface area contributed by atoms with E-state index in [0.717, 1.165) is 218 Å². The fraction of sp³-hybridized carbons (Fsp3) is 0.426. The quantitative estimate of drug-likeness (QED) is 0.0278. The first-order valence-corrected chi connectivity index (χ1v) is 56.5. The van der Waals surface area contributed by atoms with Crippen LogP contribution in [0.25, 0.3) is 0 Å². The predicted molar refractivity (Wildman–Crippen MR) is 533 cm³/mol. The molecule has 9 aromatic rings. The number of carbonyl (C=O) groups is 4.